The predicted molar refractivity (Wildman–Crippen MR) is 103 cm³/mol. The number of nitrogens with zero attached hydrogens (tertiary/aromatic N) is 2. The van der Waals surface area contributed by atoms with Gasteiger partial charge in [-0.25, -0.2) is 0 Å². The normalized spacial score (nSPS) is 18.1. The van der Waals surface area contributed by atoms with E-state index in [1.54, 1.807) is 30.3 Å². The topological polar surface area (TPSA) is 49.7 Å². The van der Waals surface area contributed by atoms with Crippen LogP contribution in [0.2, 0.25) is 0 Å². The summed E-state index contributed by atoms with van der Waals surface area (Å²) in [6.45, 7) is 6.17. The summed E-state index contributed by atoms with van der Waals surface area (Å²) in [4.78, 5) is 2.29. The van der Waals surface area contributed by atoms with Crippen molar-refractivity contribution in [3.8, 4) is 0 Å². The summed E-state index contributed by atoms with van der Waals surface area (Å²) in [7, 11) is -1.70. The van der Waals surface area contributed by atoms with Gasteiger partial charge < -0.3 is 4.90 Å². The van der Waals surface area contributed by atoms with Crippen LogP contribution in [0.3, 0.4) is 0 Å². The van der Waals surface area contributed by atoms with Crippen molar-refractivity contribution in [3.05, 3.63) is 71.4 Å². The first-order chi connectivity index (χ1) is 11.7. The summed E-state index contributed by atoms with van der Waals surface area (Å²) in [5.74, 6) is 0. The van der Waals surface area contributed by atoms with E-state index < -0.39 is 10.0 Å². The summed E-state index contributed by atoms with van der Waals surface area (Å²) >= 11 is 0. The highest BCUT2D eigenvalue weighted by atomic mass is 32.2. The number of fused-ring (bicyclic) bond motifs is 1. The highest BCUT2D eigenvalue weighted by molar-refractivity contribution is 7.90. The van der Waals surface area contributed by atoms with Crippen molar-refractivity contribution in [2.75, 3.05) is 11.9 Å². The Bertz CT molecular complexity index is 955. The van der Waals surface area contributed by atoms with Crippen molar-refractivity contribution in [3.63, 3.8) is 0 Å². The molecule has 0 saturated carbocycles. The van der Waals surface area contributed by atoms with Gasteiger partial charge in [0.05, 0.1) is 4.90 Å². The van der Waals surface area contributed by atoms with Crippen LogP contribution in [-0.4, -0.2) is 21.7 Å². The number of para-hydroxylation sites is 1. The summed E-state index contributed by atoms with van der Waals surface area (Å²) in [6, 6.07) is 14.9. The van der Waals surface area contributed by atoms with Crippen LogP contribution in [0.15, 0.2) is 69.6 Å². The van der Waals surface area contributed by atoms with Gasteiger partial charge in [0, 0.05) is 30.1 Å². The Kier molecular flexibility index (Phi) is 4.29. The van der Waals surface area contributed by atoms with Gasteiger partial charge in [0.2, 0.25) is 0 Å². The van der Waals surface area contributed by atoms with Gasteiger partial charge in [-0.1, -0.05) is 49.7 Å². The van der Waals surface area contributed by atoms with Crippen LogP contribution in [-0.2, 0) is 15.4 Å². The van der Waals surface area contributed by atoms with E-state index in [-0.39, 0.29) is 10.3 Å². The fourth-order valence-electron chi connectivity index (χ4n) is 3.25. The molecule has 4 nitrogen and oxygen atoms in total. The zero-order valence-corrected chi connectivity index (χ0v) is 15.7. The first-order valence-electron chi connectivity index (χ1n) is 8.14. The zero-order valence-electron chi connectivity index (χ0n) is 14.9. The second kappa shape index (κ2) is 6.15. The molecule has 25 heavy (non-hydrogen) atoms. The third-order valence-electron chi connectivity index (χ3n) is 4.69. The van der Waals surface area contributed by atoms with Gasteiger partial charge >= 0.3 is 0 Å². The van der Waals surface area contributed by atoms with Crippen LogP contribution in [0.1, 0.15) is 25.0 Å². The smallest absolute Gasteiger partial charge is 0.282 e. The number of sulfonamides is 1. The lowest BCUT2D eigenvalue weighted by molar-refractivity contribution is 0.598. The SMILES string of the molecule is Cc1ccc(S(=O)(=O)N=C/C=C2/N(C)c3ccccc3C2(C)C)cc1. The van der Waals surface area contributed by atoms with Crippen molar-refractivity contribution < 1.29 is 8.42 Å². The first kappa shape index (κ1) is 17.4. The van der Waals surface area contributed by atoms with Gasteiger partial charge in [-0.05, 0) is 36.8 Å². The van der Waals surface area contributed by atoms with E-state index in [0.717, 1.165) is 16.9 Å². The van der Waals surface area contributed by atoms with Gasteiger partial charge in [0.25, 0.3) is 10.0 Å². The summed E-state index contributed by atoms with van der Waals surface area (Å²) in [5, 5.41) is 0. The van der Waals surface area contributed by atoms with Crippen LogP contribution in [0.4, 0.5) is 5.69 Å². The first-order valence-corrected chi connectivity index (χ1v) is 9.58. The Morgan fingerprint density at radius 3 is 2.32 bits per heavy atom. The van der Waals surface area contributed by atoms with Crippen LogP contribution in [0, 0.1) is 6.92 Å². The molecule has 0 fully saturated rings. The van der Waals surface area contributed by atoms with Gasteiger partial charge in [-0.2, -0.15) is 12.8 Å². The zero-order chi connectivity index (χ0) is 18.2. The van der Waals surface area contributed by atoms with Crippen molar-refractivity contribution in [1.29, 1.82) is 0 Å². The molecule has 0 aromatic heterocycles. The fourth-order valence-corrected chi connectivity index (χ4v) is 4.08. The molecule has 0 saturated heterocycles. The number of anilines is 1. The summed E-state index contributed by atoms with van der Waals surface area (Å²) in [5.41, 5.74) is 4.17. The lowest BCUT2D eigenvalue weighted by atomic mass is 9.84. The van der Waals surface area contributed by atoms with Gasteiger partial charge in [-0.15, -0.1) is 0 Å². The molecule has 2 aromatic rings. The Labute approximate surface area is 149 Å². The Morgan fingerprint density at radius 2 is 1.68 bits per heavy atom. The van der Waals surface area contributed by atoms with Gasteiger partial charge in [0.15, 0.2) is 0 Å². The summed E-state index contributed by atoms with van der Waals surface area (Å²) < 4.78 is 28.5. The van der Waals surface area contributed by atoms with E-state index in [2.05, 4.69) is 35.3 Å². The number of aryl methyl sites for hydroxylation is 1. The molecule has 1 heterocycles. The molecule has 3 rings (SSSR count). The average molecular weight is 354 g/mol. The molecule has 0 N–H and O–H groups in total. The average Bonchev–Trinajstić information content (AvgIpc) is 2.76. The van der Waals surface area contributed by atoms with Crippen LogP contribution in [0.5, 0.6) is 0 Å². The molecular weight excluding hydrogens is 332 g/mol. The number of allylic oxidation sites excluding steroid dienone is 2. The molecular formula is C20H22N2O2S. The van der Waals surface area contributed by atoms with Crippen LogP contribution in [0.25, 0.3) is 0 Å². The maximum absolute atomic E-state index is 12.3. The molecule has 130 valence electrons. The van der Waals surface area contributed by atoms with Crippen molar-refractivity contribution in [2.45, 2.75) is 31.1 Å². The minimum Gasteiger partial charge on any atom is -0.347 e. The molecule has 0 bridgehead atoms. The van der Waals surface area contributed by atoms with Crippen molar-refractivity contribution >= 4 is 21.9 Å². The monoisotopic (exact) mass is 354 g/mol. The molecule has 2 aromatic carbocycles. The van der Waals surface area contributed by atoms with Crippen LogP contribution >= 0.6 is 0 Å². The van der Waals surface area contributed by atoms with Crippen molar-refractivity contribution in [1.82, 2.24) is 0 Å². The minimum atomic E-state index is -3.68. The molecule has 0 atom stereocenters. The predicted octanol–water partition coefficient (Wildman–Crippen LogP) is 4.07. The number of likely N-dealkylation sites (N-methyl/N-ethyl adjacent to an activating group) is 1. The lowest BCUT2D eigenvalue weighted by Gasteiger charge is -2.23. The maximum atomic E-state index is 12.3. The van der Waals surface area contributed by atoms with Crippen molar-refractivity contribution in [2.24, 2.45) is 4.40 Å². The van der Waals surface area contributed by atoms with Gasteiger partial charge in [0.1, 0.15) is 0 Å². The third kappa shape index (κ3) is 3.12. The molecule has 0 amide bonds. The molecule has 0 radical (unpaired) electrons. The number of benzene rings is 2. The van der Waals surface area contributed by atoms with Gasteiger partial charge in [-0.3, -0.25) is 0 Å². The molecule has 0 spiro atoms. The quantitative estimate of drug-likeness (QED) is 0.781. The molecule has 1 aliphatic rings. The number of rotatable bonds is 3. The Hall–Kier alpha value is -2.40. The van der Waals surface area contributed by atoms with E-state index >= 15 is 0 Å². The largest absolute Gasteiger partial charge is 0.347 e. The molecule has 0 aliphatic carbocycles. The maximum Gasteiger partial charge on any atom is 0.282 e. The van der Waals surface area contributed by atoms with E-state index in [1.807, 2.05) is 26.1 Å². The highest BCUT2D eigenvalue weighted by Crippen LogP contribution is 2.46. The lowest BCUT2D eigenvalue weighted by Crippen LogP contribution is -2.23. The minimum absolute atomic E-state index is 0.203. The standard InChI is InChI=1S/C20H22N2O2S/c1-15-9-11-16(12-10-15)25(23,24)21-14-13-19-20(2,3)17-7-5-6-8-18(17)22(19)4/h5-14H,1-4H3/b19-13+,21-14?. The van der Waals surface area contributed by atoms with Crippen LogP contribution < -0.4 is 4.90 Å². The van der Waals surface area contributed by atoms with E-state index in [4.69, 9.17) is 0 Å². The fraction of sp³-hybridized carbons (Fsp3) is 0.250. The third-order valence-corrected chi connectivity index (χ3v) is 5.96. The number of hydrogen-bond donors (Lipinski definition) is 0. The van der Waals surface area contributed by atoms with E-state index in [0.29, 0.717) is 0 Å². The Morgan fingerprint density at radius 1 is 1.04 bits per heavy atom. The molecule has 1 aliphatic heterocycles. The second-order valence-corrected chi connectivity index (χ2v) is 8.43. The molecule has 0 unspecified atom stereocenters. The molecule has 5 heteroatoms. The second-order valence-electron chi connectivity index (χ2n) is 6.80. The van der Waals surface area contributed by atoms with E-state index in [9.17, 15) is 8.42 Å². The Balaban J connectivity index is 1.92. The number of hydrogen-bond acceptors (Lipinski definition) is 3. The van der Waals surface area contributed by atoms with E-state index in [1.165, 1.54) is 11.8 Å². The summed E-state index contributed by atoms with van der Waals surface area (Å²) in [6.07, 6.45) is 3.17. The highest BCUT2D eigenvalue weighted by Gasteiger charge is 2.37.